The van der Waals surface area contributed by atoms with E-state index >= 15 is 0 Å². The van der Waals surface area contributed by atoms with Crippen molar-refractivity contribution < 1.29 is 5.11 Å². The fourth-order valence-corrected chi connectivity index (χ4v) is 3.07. The third-order valence-electron chi connectivity index (χ3n) is 4.34. The van der Waals surface area contributed by atoms with Crippen LogP contribution < -0.4 is 0 Å². The molecule has 0 bridgehead atoms. The number of nitrogens with zero attached hydrogens (tertiary/aromatic N) is 1. The van der Waals surface area contributed by atoms with E-state index in [-0.39, 0.29) is 6.04 Å². The highest BCUT2D eigenvalue weighted by Crippen LogP contribution is 2.49. The van der Waals surface area contributed by atoms with Gasteiger partial charge in [-0.15, -0.1) is 0 Å². The Morgan fingerprint density at radius 3 is 1.74 bits per heavy atom. The van der Waals surface area contributed by atoms with E-state index < -0.39 is 5.60 Å². The Balaban J connectivity index is 2.31. The first-order chi connectivity index (χ1) is 9.06. The smallest absolute Gasteiger partial charge is 0.131 e. The Morgan fingerprint density at radius 2 is 1.32 bits per heavy atom. The fourth-order valence-electron chi connectivity index (χ4n) is 3.07. The molecule has 2 aromatic rings. The molecule has 0 aliphatic heterocycles. The van der Waals surface area contributed by atoms with Gasteiger partial charge in [-0.25, -0.2) is 0 Å². The normalized spacial score (nSPS) is 17.1. The minimum Gasteiger partial charge on any atom is -0.379 e. The third-order valence-corrected chi connectivity index (χ3v) is 4.34. The van der Waals surface area contributed by atoms with Crippen molar-refractivity contribution in [2.24, 2.45) is 0 Å². The third kappa shape index (κ3) is 1.57. The summed E-state index contributed by atoms with van der Waals surface area (Å²) in [6.07, 6.45) is 0. The Bertz CT molecular complexity index is 573. The molecule has 0 heterocycles. The largest absolute Gasteiger partial charge is 0.379 e. The molecule has 1 aliphatic rings. The van der Waals surface area contributed by atoms with Gasteiger partial charge in [0.15, 0.2) is 0 Å². The molecular formula is C17H19NO. The quantitative estimate of drug-likeness (QED) is 0.889. The second-order valence-electron chi connectivity index (χ2n) is 5.50. The highest BCUT2D eigenvalue weighted by molar-refractivity contribution is 5.80. The van der Waals surface area contributed by atoms with E-state index in [2.05, 4.69) is 24.0 Å². The van der Waals surface area contributed by atoms with Gasteiger partial charge in [0.05, 0.1) is 0 Å². The van der Waals surface area contributed by atoms with E-state index in [1.165, 1.54) is 0 Å². The number of rotatable bonds is 2. The molecule has 1 N–H and O–H groups in total. The van der Waals surface area contributed by atoms with Crippen molar-refractivity contribution in [2.75, 3.05) is 14.1 Å². The summed E-state index contributed by atoms with van der Waals surface area (Å²) in [5, 5.41) is 11.4. The zero-order valence-electron chi connectivity index (χ0n) is 11.6. The SMILES string of the molecule is CC(N(C)C)C1(O)c2ccccc2-c2ccccc21. The summed E-state index contributed by atoms with van der Waals surface area (Å²) in [6, 6.07) is 16.3. The molecule has 2 heteroatoms. The average molecular weight is 253 g/mol. The summed E-state index contributed by atoms with van der Waals surface area (Å²) in [5.41, 5.74) is 3.38. The van der Waals surface area contributed by atoms with E-state index in [4.69, 9.17) is 0 Å². The van der Waals surface area contributed by atoms with Crippen LogP contribution in [-0.4, -0.2) is 30.1 Å². The number of aliphatic hydroxyl groups is 1. The molecule has 2 nitrogen and oxygen atoms in total. The number of hydrogen-bond acceptors (Lipinski definition) is 2. The lowest BCUT2D eigenvalue weighted by molar-refractivity contribution is 0.00896. The summed E-state index contributed by atoms with van der Waals surface area (Å²) in [7, 11) is 4.01. The Morgan fingerprint density at radius 1 is 0.895 bits per heavy atom. The maximum absolute atomic E-state index is 11.4. The average Bonchev–Trinajstić information content (AvgIpc) is 2.70. The van der Waals surface area contributed by atoms with Gasteiger partial charge in [-0.1, -0.05) is 48.5 Å². The number of likely N-dealkylation sites (N-methyl/N-ethyl adjacent to an activating group) is 1. The molecule has 2 aromatic carbocycles. The zero-order valence-corrected chi connectivity index (χ0v) is 11.6. The fraction of sp³-hybridized carbons (Fsp3) is 0.294. The van der Waals surface area contributed by atoms with Crippen molar-refractivity contribution in [1.29, 1.82) is 0 Å². The number of benzene rings is 2. The molecule has 0 amide bonds. The van der Waals surface area contributed by atoms with Gasteiger partial charge in [-0.05, 0) is 43.3 Å². The van der Waals surface area contributed by atoms with Crippen LogP contribution in [0.3, 0.4) is 0 Å². The van der Waals surface area contributed by atoms with Gasteiger partial charge in [0, 0.05) is 6.04 Å². The van der Waals surface area contributed by atoms with Gasteiger partial charge in [0.2, 0.25) is 0 Å². The van der Waals surface area contributed by atoms with E-state index in [1.807, 2.05) is 50.5 Å². The first-order valence-electron chi connectivity index (χ1n) is 6.65. The first-order valence-corrected chi connectivity index (χ1v) is 6.65. The van der Waals surface area contributed by atoms with Crippen LogP contribution in [0, 0.1) is 0 Å². The minimum absolute atomic E-state index is 0.0114. The number of fused-ring (bicyclic) bond motifs is 3. The molecule has 98 valence electrons. The summed E-state index contributed by atoms with van der Waals surface area (Å²) >= 11 is 0. The van der Waals surface area contributed by atoms with Crippen molar-refractivity contribution in [3.63, 3.8) is 0 Å². The van der Waals surface area contributed by atoms with Crippen LogP contribution in [0.5, 0.6) is 0 Å². The van der Waals surface area contributed by atoms with Crippen LogP contribution >= 0.6 is 0 Å². The molecule has 1 atom stereocenters. The molecule has 0 fully saturated rings. The summed E-state index contributed by atoms with van der Waals surface area (Å²) < 4.78 is 0. The summed E-state index contributed by atoms with van der Waals surface area (Å²) in [6.45, 7) is 2.07. The van der Waals surface area contributed by atoms with Crippen molar-refractivity contribution >= 4 is 0 Å². The van der Waals surface area contributed by atoms with Crippen LogP contribution in [0.15, 0.2) is 48.5 Å². The monoisotopic (exact) mass is 253 g/mol. The summed E-state index contributed by atoms with van der Waals surface area (Å²) in [4.78, 5) is 2.07. The Labute approximate surface area is 114 Å². The molecule has 0 radical (unpaired) electrons. The van der Waals surface area contributed by atoms with Gasteiger partial charge >= 0.3 is 0 Å². The molecule has 0 aromatic heterocycles. The van der Waals surface area contributed by atoms with Crippen molar-refractivity contribution in [3.8, 4) is 11.1 Å². The molecule has 0 saturated carbocycles. The predicted molar refractivity (Wildman–Crippen MR) is 78.0 cm³/mol. The van der Waals surface area contributed by atoms with Crippen LogP contribution in [0.25, 0.3) is 11.1 Å². The van der Waals surface area contributed by atoms with Gasteiger partial charge in [0.25, 0.3) is 0 Å². The lowest BCUT2D eigenvalue weighted by atomic mass is 9.84. The second-order valence-corrected chi connectivity index (χ2v) is 5.50. The highest BCUT2D eigenvalue weighted by Gasteiger charge is 2.46. The topological polar surface area (TPSA) is 23.5 Å². The molecule has 19 heavy (non-hydrogen) atoms. The van der Waals surface area contributed by atoms with Crippen LogP contribution in [0.1, 0.15) is 18.1 Å². The standard InChI is InChI=1S/C17H19NO/c1-12(18(2)3)17(19)15-10-6-4-8-13(15)14-9-5-7-11-16(14)17/h4-12,19H,1-3H3. The van der Waals surface area contributed by atoms with E-state index in [1.54, 1.807) is 0 Å². The van der Waals surface area contributed by atoms with Gasteiger partial charge in [-0.3, -0.25) is 0 Å². The minimum atomic E-state index is -0.934. The van der Waals surface area contributed by atoms with Gasteiger partial charge in [-0.2, -0.15) is 0 Å². The maximum Gasteiger partial charge on any atom is 0.131 e. The van der Waals surface area contributed by atoms with Crippen molar-refractivity contribution in [2.45, 2.75) is 18.6 Å². The van der Waals surface area contributed by atoms with Crippen molar-refractivity contribution in [3.05, 3.63) is 59.7 Å². The van der Waals surface area contributed by atoms with E-state index in [9.17, 15) is 5.11 Å². The van der Waals surface area contributed by atoms with Gasteiger partial charge < -0.3 is 10.0 Å². The second kappa shape index (κ2) is 4.19. The molecule has 3 rings (SSSR count). The zero-order chi connectivity index (χ0) is 13.6. The van der Waals surface area contributed by atoms with E-state index in [0.717, 1.165) is 22.3 Å². The van der Waals surface area contributed by atoms with E-state index in [0.29, 0.717) is 0 Å². The van der Waals surface area contributed by atoms with Gasteiger partial charge in [0.1, 0.15) is 5.60 Å². The Kier molecular flexibility index (Phi) is 2.73. The molecule has 1 aliphatic carbocycles. The number of hydrogen-bond donors (Lipinski definition) is 1. The highest BCUT2D eigenvalue weighted by atomic mass is 16.3. The first kappa shape index (κ1) is 12.4. The van der Waals surface area contributed by atoms with Crippen LogP contribution in [0.4, 0.5) is 0 Å². The lowest BCUT2D eigenvalue weighted by Crippen LogP contribution is -2.45. The Hall–Kier alpha value is -1.64. The molecule has 0 saturated heterocycles. The molecule has 1 unspecified atom stereocenters. The summed E-state index contributed by atoms with van der Waals surface area (Å²) in [5.74, 6) is 0. The van der Waals surface area contributed by atoms with Crippen molar-refractivity contribution in [1.82, 2.24) is 4.90 Å². The molecule has 0 spiro atoms. The predicted octanol–water partition coefficient (Wildman–Crippen LogP) is 2.85. The van der Waals surface area contributed by atoms with Crippen LogP contribution in [0.2, 0.25) is 0 Å². The maximum atomic E-state index is 11.4. The van der Waals surface area contributed by atoms with Crippen LogP contribution in [-0.2, 0) is 5.60 Å². The lowest BCUT2D eigenvalue weighted by Gasteiger charge is -2.36. The molecular weight excluding hydrogens is 234 g/mol.